The summed E-state index contributed by atoms with van der Waals surface area (Å²) in [7, 11) is -3.84. The van der Waals surface area contributed by atoms with Crippen LogP contribution in [0.3, 0.4) is 0 Å². The summed E-state index contributed by atoms with van der Waals surface area (Å²) < 4.78 is 25.9. The Kier molecular flexibility index (Phi) is 5.98. The number of hydrogen-bond acceptors (Lipinski definition) is 3. The molecular formula is C13H18ClNO4S. The predicted octanol–water partition coefficient (Wildman–Crippen LogP) is 2.52. The van der Waals surface area contributed by atoms with Gasteiger partial charge in [0, 0.05) is 11.6 Å². The van der Waals surface area contributed by atoms with Crippen LogP contribution in [0.2, 0.25) is 5.02 Å². The second-order valence-corrected chi connectivity index (χ2v) is 6.84. The molecule has 0 aliphatic heterocycles. The molecule has 7 heteroatoms. The van der Waals surface area contributed by atoms with E-state index in [1.807, 2.05) is 6.92 Å². The second-order valence-electron chi connectivity index (χ2n) is 4.50. The first-order valence-electron chi connectivity index (χ1n) is 6.27. The summed E-state index contributed by atoms with van der Waals surface area (Å²) >= 11 is 5.94. The van der Waals surface area contributed by atoms with Crippen molar-refractivity contribution < 1.29 is 18.3 Å². The van der Waals surface area contributed by atoms with E-state index in [4.69, 9.17) is 16.7 Å². The number of benzene rings is 1. The normalized spacial score (nSPS) is 11.8. The first-order valence-corrected chi connectivity index (χ1v) is 8.09. The molecule has 0 aliphatic rings. The Balaban J connectivity index is 3.13. The Bertz CT molecular complexity index is 586. The van der Waals surface area contributed by atoms with Crippen LogP contribution in [0.1, 0.15) is 25.3 Å². The van der Waals surface area contributed by atoms with E-state index in [9.17, 15) is 13.2 Å². The number of aliphatic carboxylic acids is 1. The average molecular weight is 320 g/mol. The van der Waals surface area contributed by atoms with Gasteiger partial charge >= 0.3 is 5.97 Å². The van der Waals surface area contributed by atoms with Gasteiger partial charge in [0.2, 0.25) is 10.0 Å². The standard InChI is InChI=1S/C13H18ClNO4S/c1-3-4-7-15(9-13(16)17)20(18,19)11-6-5-10(2)12(14)8-11/h5-6,8H,3-4,7,9H2,1-2H3,(H,16,17). The van der Waals surface area contributed by atoms with Crippen molar-refractivity contribution in [1.29, 1.82) is 0 Å². The van der Waals surface area contributed by atoms with Crippen molar-refractivity contribution in [1.82, 2.24) is 4.31 Å². The zero-order valence-corrected chi connectivity index (χ0v) is 13.0. The number of rotatable bonds is 7. The van der Waals surface area contributed by atoms with E-state index in [0.717, 1.165) is 16.3 Å². The molecule has 0 aromatic heterocycles. The van der Waals surface area contributed by atoms with Gasteiger partial charge in [-0.1, -0.05) is 31.0 Å². The van der Waals surface area contributed by atoms with Gasteiger partial charge in [-0.2, -0.15) is 4.31 Å². The number of aryl methyl sites for hydroxylation is 1. The van der Waals surface area contributed by atoms with E-state index >= 15 is 0 Å². The molecule has 0 radical (unpaired) electrons. The summed E-state index contributed by atoms with van der Waals surface area (Å²) in [4.78, 5) is 10.9. The number of carboxylic acid groups (broad SMARTS) is 1. The summed E-state index contributed by atoms with van der Waals surface area (Å²) in [6, 6.07) is 4.40. The van der Waals surface area contributed by atoms with Gasteiger partial charge in [-0.15, -0.1) is 0 Å². The van der Waals surface area contributed by atoms with Gasteiger partial charge in [-0.3, -0.25) is 4.79 Å². The summed E-state index contributed by atoms with van der Waals surface area (Å²) in [5, 5.41) is 9.20. The van der Waals surface area contributed by atoms with Gasteiger partial charge in [0.15, 0.2) is 0 Å². The van der Waals surface area contributed by atoms with Crippen LogP contribution in [-0.4, -0.2) is 36.9 Å². The van der Waals surface area contributed by atoms with Gasteiger partial charge in [0.1, 0.15) is 6.54 Å². The molecule has 0 amide bonds. The minimum absolute atomic E-state index is 0.0189. The molecule has 1 aromatic rings. The molecule has 20 heavy (non-hydrogen) atoms. The number of hydrogen-bond donors (Lipinski definition) is 1. The lowest BCUT2D eigenvalue weighted by Gasteiger charge is -2.20. The molecule has 0 aliphatic carbocycles. The third-order valence-corrected chi connectivity index (χ3v) is 5.10. The highest BCUT2D eigenvalue weighted by Gasteiger charge is 2.26. The maximum Gasteiger partial charge on any atom is 0.318 e. The molecule has 112 valence electrons. The minimum atomic E-state index is -3.84. The molecule has 0 fully saturated rings. The van der Waals surface area contributed by atoms with Crippen LogP contribution in [0.25, 0.3) is 0 Å². The topological polar surface area (TPSA) is 74.7 Å². The smallest absolute Gasteiger partial charge is 0.318 e. The second kappa shape index (κ2) is 7.06. The molecule has 5 nitrogen and oxygen atoms in total. The number of carboxylic acids is 1. The highest BCUT2D eigenvalue weighted by molar-refractivity contribution is 7.89. The summed E-state index contributed by atoms with van der Waals surface area (Å²) in [5.41, 5.74) is 0.768. The van der Waals surface area contributed by atoms with Crippen LogP contribution in [0.5, 0.6) is 0 Å². The molecular weight excluding hydrogens is 302 g/mol. The molecule has 0 spiro atoms. The van der Waals surface area contributed by atoms with Crippen LogP contribution in [0, 0.1) is 6.92 Å². The quantitative estimate of drug-likeness (QED) is 0.838. The van der Waals surface area contributed by atoms with Gasteiger partial charge in [0.05, 0.1) is 4.90 Å². The van der Waals surface area contributed by atoms with E-state index in [2.05, 4.69) is 0 Å². The van der Waals surface area contributed by atoms with Crippen molar-refractivity contribution in [2.24, 2.45) is 0 Å². The predicted molar refractivity (Wildman–Crippen MR) is 77.5 cm³/mol. The first-order chi connectivity index (χ1) is 9.28. The number of unbranched alkanes of at least 4 members (excludes halogenated alkanes) is 1. The van der Waals surface area contributed by atoms with E-state index in [-0.39, 0.29) is 11.4 Å². The van der Waals surface area contributed by atoms with Crippen molar-refractivity contribution in [3.05, 3.63) is 28.8 Å². The Morgan fingerprint density at radius 2 is 2.05 bits per heavy atom. The molecule has 0 unspecified atom stereocenters. The Hall–Kier alpha value is -1.11. The monoisotopic (exact) mass is 319 g/mol. The van der Waals surface area contributed by atoms with E-state index in [1.165, 1.54) is 12.1 Å². The third kappa shape index (κ3) is 4.19. The number of sulfonamides is 1. The fourth-order valence-corrected chi connectivity index (χ4v) is 3.35. The van der Waals surface area contributed by atoms with Crippen LogP contribution >= 0.6 is 11.6 Å². The van der Waals surface area contributed by atoms with Crippen molar-refractivity contribution >= 4 is 27.6 Å². The lowest BCUT2D eigenvalue weighted by Crippen LogP contribution is -2.36. The zero-order valence-electron chi connectivity index (χ0n) is 11.5. The van der Waals surface area contributed by atoms with Crippen LogP contribution in [0.4, 0.5) is 0 Å². The van der Waals surface area contributed by atoms with E-state index in [1.54, 1.807) is 13.0 Å². The summed E-state index contributed by atoms with van der Waals surface area (Å²) in [6.45, 7) is 3.31. The van der Waals surface area contributed by atoms with Gasteiger partial charge in [-0.05, 0) is 31.0 Å². The fourth-order valence-electron chi connectivity index (χ4n) is 1.65. The van der Waals surface area contributed by atoms with E-state index < -0.39 is 22.5 Å². The van der Waals surface area contributed by atoms with Crippen LogP contribution < -0.4 is 0 Å². The molecule has 1 rings (SSSR count). The van der Waals surface area contributed by atoms with Crippen molar-refractivity contribution in [3.63, 3.8) is 0 Å². The lowest BCUT2D eigenvalue weighted by atomic mass is 10.2. The van der Waals surface area contributed by atoms with Crippen molar-refractivity contribution in [2.45, 2.75) is 31.6 Å². The fraction of sp³-hybridized carbons (Fsp3) is 0.462. The number of nitrogens with zero attached hydrogens (tertiary/aromatic N) is 1. The number of carbonyl (C=O) groups is 1. The maximum atomic E-state index is 12.4. The molecule has 0 atom stereocenters. The maximum absolute atomic E-state index is 12.4. The molecule has 0 bridgehead atoms. The van der Waals surface area contributed by atoms with Gasteiger partial charge < -0.3 is 5.11 Å². The van der Waals surface area contributed by atoms with Crippen molar-refractivity contribution in [3.8, 4) is 0 Å². The Morgan fingerprint density at radius 1 is 1.40 bits per heavy atom. The Labute approximate surface area is 124 Å². The molecule has 1 N–H and O–H groups in total. The van der Waals surface area contributed by atoms with Gasteiger partial charge in [-0.25, -0.2) is 8.42 Å². The van der Waals surface area contributed by atoms with E-state index in [0.29, 0.717) is 11.4 Å². The Morgan fingerprint density at radius 3 is 2.55 bits per heavy atom. The molecule has 1 aromatic carbocycles. The van der Waals surface area contributed by atoms with Crippen molar-refractivity contribution in [2.75, 3.05) is 13.1 Å². The van der Waals surface area contributed by atoms with Crippen LogP contribution in [-0.2, 0) is 14.8 Å². The highest BCUT2D eigenvalue weighted by Crippen LogP contribution is 2.23. The molecule has 0 saturated heterocycles. The summed E-state index contributed by atoms with van der Waals surface area (Å²) in [6.07, 6.45) is 1.38. The zero-order chi connectivity index (χ0) is 15.3. The largest absolute Gasteiger partial charge is 0.480 e. The average Bonchev–Trinajstić information content (AvgIpc) is 2.37. The first kappa shape index (κ1) is 16.9. The third-order valence-electron chi connectivity index (χ3n) is 2.85. The minimum Gasteiger partial charge on any atom is -0.480 e. The summed E-state index contributed by atoms with van der Waals surface area (Å²) in [5.74, 6) is -1.18. The highest BCUT2D eigenvalue weighted by atomic mass is 35.5. The molecule has 0 saturated carbocycles. The lowest BCUT2D eigenvalue weighted by molar-refractivity contribution is -0.137. The number of halogens is 1. The SMILES string of the molecule is CCCCN(CC(=O)O)S(=O)(=O)c1ccc(C)c(Cl)c1. The van der Waals surface area contributed by atoms with Crippen LogP contribution in [0.15, 0.2) is 23.1 Å². The van der Waals surface area contributed by atoms with Gasteiger partial charge in [0.25, 0.3) is 0 Å². The molecule has 0 heterocycles.